The lowest BCUT2D eigenvalue weighted by molar-refractivity contribution is -0.137. The molecule has 0 radical (unpaired) electrons. The maximum Gasteiger partial charge on any atom is 0.328 e. The SMILES string of the molecule is Nc1nc(SCCCC(=O)O)nc2c1[nH]c(=O)n2Cc1ccccc1. The molecule has 1 aromatic carbocycles. The van der Waals surface area contributed by atoms with E-state index in [4.69, 9.17) is 10.8 Å². The van der Waals surface area contributed by atoms with Crippen molar-refractivity contribution >= 4 is 34.7 Å². The highest BCUT2D eigenvalue weighted by Crippen LogP contribution is 2.21. The molecule has 2 aromatic heterocycles. The summed E-state index contributed by atoms with van der Waals surface area (Å²) in [7, 11) is 0. The second kappa shape index (κ2) is 7.39. The highest BCUT2D eigenvalue weighted by atomic mass is 32.2. The molecule has 0 aliphatic heterocycles. The first-order valence-electron chi connectivity index (χ1n) is 7.69. The summed E-state index contributed by atoms with van der Waals surface area (Å²) < 4.78 is 1.52. The maximum atomic E-state index is 12.3. The van der Waals surface area contributed by atoms with Crippen molar-refractivity contribution < 1.29 is 9.90 Å². The summed E-state index contributed by atoms with van der Waals surface area (Å²) in [5.41, 5.74) is 7.47. The standard InChI is InChI=1S/C16H17N5O3S/c17-13-12-14(20-15(19-13)25-8-4-7-11(22)23)21(16(24)18-12)9-10-5-2-1-3-6-10/h1-3,5-6H,4,7-9H2,(H,18,24)(H,22,23)(H2,17,19,20). The normalized spacial score (nSPS) is 11.0. The van der Waals surface area contributed by atoms with Crippen LogP contribution in [0.3, 0.4) is 0 Å². The van der Waals surface area contributed by atoms with Crippen LogP contribution in [0.1, 0.15) is 18.4 Å². The molecule has 0 atom stereocenters. The van der Waals surface area contributed by atoms with Gasteiger partial charge in [0.25, 0.3) is 0 Å². The number of carboxylic acid groups (broad SMARTS) is 1. The average Bonchev–Trinajstić information content (AvgIpc) is 2.89. The molecular formula is C16H17N5O3S. The number of carbonyl (C=O) groups is 1. The van der Waals surface area contributed by atoms with E-state index in [2.05, 4.69) is 15.0 Å². The zero-order valence-electron chi connectivity index (χ0n) is 13.3. The smallest absolute Gasteiger partial charge is 0.328 e. The van der Waals surface area contributed by atoms with E-state index in [-0.39, 0.29) is 17.9 Å². The van der Waals surface area contributed by atoms with Crippen LogP contribution in [0.25, 0.3) is 11.2 Å². The van der Waals surface area contributed by atoms with E-state index in [0.29, 0.717) is 35.0 Å². The van der Waals surface area contributed by atoms with Gasteiger partial charge < -0.3 is 15.8 Å². The fourth-order valence-electron chi connectivity index (χ4n) is 2.39. The number of rotatable bonds is 7. The fourth-order valence-corrected chi connectivity index (χ4v) is 3.18. The first-order valence-corrected chi connectivity index (χ1v) is 8.67. The van der Waals surface area contributed by atoms with Gasteiger partial charge in [-0.25, -0.2) is 14.8 Å². The van der Waals surface area contributed by atoms with E-state index in [1.54, 1.807) is 0 Å². The Labute approximate surface area is 147 Å². The molecule has 130 valence electrons. The van der Waals surface area contributed by atoms with E-state index in [1.807, 2.05) is 30.3 Å². The van der Waals surface area contributed by atoms with Crippen molar-refractivity contribution in [1.82, 2.24) is 19.5 Å². The Bertz CT molecular complexity index is 952. The molecule has 0 aliphatic rings. The molecule has 0 saturated carbocycles. The van der Waals surface area contributed by atoms with Gasteiger partial charge in [-0.2, -0.15) is 0 Å². The Morgan fingerprint density at radius 1 is 1.28 bits per heavy atom. The summed E-state index contributed by atoms with van der Waals surface area (Å²) in [4.78, 5) is 34.1. The van der Waals surface area contributed by atoms with Gasteiger partial charge in [0.05, 0.1) is 6.54 Å². The molecule has 0 spiro atoms. The van der Waals surface area contributed by atoms with Crippen molar-refractivity contribution in [3.05, 3.63) is 46.4 Å². The molecule has 8 nitrogen and oxygen atoms in total. The first kappa shape index (κ1) is 17.0. The van der Waals surface area contributed by atoms with Crippen molar-refractivity contribution in [3.63, 3.8) is 0 Å². The van der Waals surface area contributed by atoms with Gasteiger partial charge >= 0.3 is 11.7 Å². The van der Waals surface area contributed by atoms with Crippen LogP contribution in [0.2, 0.25) is 0 Å². The quantitative estimate of drug-likeness (QED) is 0.333. The van der Waals surface area contributed by atoms with Gasteiger partial charge in [0, 0.05) is 12.2 Å². The van der Waals surface area contributed by atoms with Crippen molar-refractivity contribution in [2.75, 3.05) is 11.5 Å². The predicted molar refractivity (Wildman–Crippen MR) is 95.7 cm³/mol. The second-order valence-corrected chi connectivity index (χ2v) is 6.50. The van der Waals surface area contributed by atoms with Crippen LogP contribution in [-0.4, -0.2) is 36.3 Å². The minimum atomic E-state index is -0.834. The number of nitrogens with one attached hydrogen (secondary N) is 1. The summed E-state index contributed by atoms with van der Waals surface area (Å²) in [6, 6.07) is 9.58. The van der Waals surface area contributed by atoms with Crippen LogP contribution in [-0.2, 0) is 11.3 Å². The van der Waals surface area contributed by atoms with Gasteiger partial charge in [0.2, 0.25) is 0 Å². The van der Waals surface area contributed by atoms with Crippen molar-refractivity contribution in [1.29, 1.82) is 0 Å². The molecule has 0 bridgehead atoms. The summed E-state index contributed by atoms with van der Waals surface area (Å²) >= 11 is 1.32. The van der Waals surface area contributed by atoms with Crippen LogP contribution in [0.5, 0.6) is 0 Å². The molecule has 0 amide bonds. The Morgan fingerprint density at radius 3 is 2.76 bits per heavy atom. The summed E-state index contributed by atoms with van der Waals surface area (Å²) in [6.45, 7) is 0.374. The molecular weight excluding hydrogens is 342 g/mol. The molecule has 0 saturated heterocycles. The topological polar surface area (TPSA) is 127 Å². The number of anilines is 1. The number of carboxylic acids is 1. The van der Waals surface area contributed by atoms with E-state index in [1.165, 1.54) is 16.3 Å². The van der Waals surface area contributed by atoms with Gasteiger partial charge in [0.1, 0.15) is 5.52 Å². The Kier molecular flexibility index (Phi) is 5.03. The van der Waals surface area contributed by atoms with Gasteiger partial charge in [0.15, 0.2) is 16.6 Å². The molecule has 0 unspecified atom stereocenters. The Balaban J connectivity index is 1.88. The molecule has 3 aromatic rings. The predicted octanol–water partition coefficient (Wildman–Crippen LogP) is 1.71. The minimum absolute atomic E-state index is 0.0909. The maximum absolute atomic E-state index is 12.3. The van der Waals surface area contributed by atoms with Gasteiger partial charge in [-0.05, 0) is 12.0 Å². The number of aromatic nitrogens is 4. The number of nitrogen functional groups attached to an aromatic ring is 1. The molecule has 4 N–H and O–H groups in total. The van der Waals surface area contributed by atoms with Crippen LogP contribution in [0, 0.1) is 0 Å². The zero-order valence-corrected chi connectivity index (χ0v) is 14.1. The third-order valence-corrected chi connectivity index (χ3v) is 4.51. The first-order chi connectivity index (χ1) is 12.0. The van der Waals surface area contributed by atoms with E-state index >= 15 is 0 Å². The largest absolute Gasteiger partial charge is 0.481 e. The van der Waals surface area contributed by atoms with Crippen LogP contribution in [0.15, 0.2) is 40.3 Å². The molecule has 2 heterocycles. The number of hydrogen-bond acceptors (Lipinski definition) is 6. The minimum Gasteiger partial charge on any atom is -0.481 e. The third kappa shape index (κ3) is 4.00. The van der Waals surface area contributed by atoms with Gasteiger partial charge in [-0.1, -0.05) is 42.1 Å². The van der Waals surface area contributed by atoms with E-state index in [9.17, 15) is 9.59 Å². The van der Waals surface area contributed by atoms with E-state index < -0.39 is 5.97 Å². The number of benzene rings is 1. The number of thioether (sulfide) groups is 1. The molecule has 3 rings (SSSR count). The Hall–Kier alpha value is -2.81. The number of aliphatic carboxylic acids is 1. The molecule has 25 heavy (non-hydrogen) atoms. The third-order valence-electron chi connectivity index (χ3n) is 3.58. The zero-order chi connectivity index (χ0) is 17.8. The lowest BCUT2D eigenvalue weighted by Gasteiger charge is -2.05. The van der Waals surface area contributed by atoms with Gasteiger partial charge in [-0.3, -0.25) is 9.36 Å². The molecule has 0 fully saturated rings. The van der Waals surface area contributed by atoms with Crippen molar-refractivity contribution in [2.45, 2.75) is 24.5 Å². The van der Waals surface area contributed by atoms with Crippen LogP contribution >= 0.6 is 11.8 Å². The van der Waals surface area contributed by atoms with E-state index in [0.717, 1.165) is 5.56 Å². The van der Waals surface area contributed by atoms with Gasteiger partial charge in [-0.15, -0.1) is 0 Å². The fraction of sp³-hybridized carbons (Fsp3) is 0.250. The highest BCUT2D eigenvalue weighted by Gasteiger charge is 2.14. The van der Waals surface area contributed by atoms with Crippen LogP contribution < -0.4 is 11.4 Å². The number of fused-ring (bicyclic) bond motifs is 1. The second-order valence-electron chi connectivity index (χ2n) is 5.44. The van der Waals surface area contributed by atoms with Crippen LogP contribution in [0.4, 0.5) is 5.82 Å². The molecule has 0 aliphatic carbocycles. The summed E-state index contributed by atoms with van der Waals surface area (Å²) in [5, 5.41) is 9.10. The lowest BCUT2D eigenvalue weighted by atomic mass is 10.2. The number of nitrogens with zero attached hydrogens (tertiary/aromatic N) is 3. The van der Waals surface area contributed by atoms with Crippen molar-refractivity contribution in [3.8, 4) is 0 Å². The number of aromatic amines is 1. The number of imidazole rings is 1. The Morgan fingerprint density at radius 2 is 2.04 bits per heavy atom. The summed E-state index contributed by atoms with van der Waals surface area (Å²) in [6.07, 6.45) is 0.596. The monoisotopic (exact) mass is 359 g/mol. The highest BCUT2D eigenvalue weighted by molar-refractivity contribution is 7.99. The number of hydrogen-bond donors (Lipinski definition) is 3. The average molecular weight is 359 g/mol. The number of nitrogens with two attached hydrogens (primary N) is 1. The van der Waals surface area contributed by atoms with Crippen molar-refractivity contribution in [2.24, 2.45) is 0 Å². The number of H-pyrrole nitrogens is 1. The lowest BCUT2D eigenvalue weighted by Crippen LogP contribution is -2.17. The molecule has 9 heteroatoms. The summed E-state index contributed by atoms with van der Waals surface area (Å²) in [5.74, 6) is -0.0709.